The van der Waals surface area contributed by atoms with Crippen LogP contribution in [0.25, 0.3) is 0 Å². The second-order valence-corrected chi connectivity index (χ2v) is 4.71. The van der Waals surface area contributed by atoms with E-state index in [1.807, 2.05) is 0 Å². The molecule has 0 aliphatic carbocycles. The number of ether oxygens (including phenoxy) is 1. The fourth-order valence-electron chi connectivity index (χ4n) is 1.77. The van der Waals surface area contributed by atoms with Crippen molar-refractivity contribution in [1.82, 2.24) is 15.3 Å². The Bertz CT molecular complexity index is 299. The topological polar surface area (TPSA) is 61.9 Å². The predicted octanol–water partition coefficient (Wildman–Crippen LogP) is -0.00290. The van der Waals surface area contributed by atoms with Gasteiger partial charge in [-0.2, -0.15) is 0 Å². The molecular formula is C9H17BrN3O3P. The molecule has 1 N–H and O–H groups in total. The Morgan fingerprint density at radius 3 is 2.53 bits per heavy atom. The fourth-order valence-corrected chi connectivity index (χ4v) is 2.10. The molecule has 3 amide bonds. The van der Waals surface area contributed by atoms with E-state index in [0.29, 0.717) is 32.8 Å². The summed E-state index contributed by atoms with van der Waals surface area (Å²) in [5.41, 5.74) is 2.61. The molecule has 0 saturated carbocycles. The van der Waals surface area contributed by atoms with Crippen LogP contribution in [0.3, 0.4) is 0 Å². The van der Waals surface area contributed by atoms with Gasteiger partial charge in [-0.1, -0.05) is 0 Å². The summed E-state index contributed by atoms with van der Waals surface area (Å²) < 4.78 is 5.17. The van der Waals surface area contributed by atoms with Crippen molar-refractivity contribution in [2.45, 2.75) is 12.1 Å². The molecule has 17 heavy (non-hydrogen) atoms. The molecule has 0 radical (unpaired) electrons. The number of morpholine rings is 1. The third-order valence-electron chi connectivity index (χ3n) is 2.76. The van der Waals surface area contributed by atoms with Crippen molar-refractivity contribution in [3.63, 3.8) is 0 Å². The smallest absolute Gasteiger partial charge is 0.338 e. The number of nitrogens with zero attached hydrogens (tertiary/aromatic N) is 2. The maximum atomic E-state index is 11.8. The van der Waals surface area contributed by atoms with Crippen LogP contribution in [0.4, 0.5) is 4.79 Å². The Morgan fingerprint density at radius 2 is 2.00 bits per heavy atom. The lowest BCUT2D eigenvalue weighted by Crippen LogP contribution is -2.53. The molecule has 2 aliphatic rings. The van der Waals surface area contributed by atoms with Gasteiger partial charge >= 0.3 is 6.03 Å². The van der Waals surface area contributed by atoms with Crippen molar-refractivity contribution in [1.29, 1.82) is 0 Å². The molecule has 2 rings (SSSR count). The van der Waals surface area contributed by atoms with Gasteiger partial charge < -0.3 is 4.74 Å². The number of hydrogen-bond donors (Lipinski definition) is 1. The molecule has 2 saturated heterocycles. The molecule has 0 aromatic heterocycles. The summed E-state index contributed by atoms with van der Waals surface area (Å²) in [6.45, 7) is 3.06. The summed E-state index contributed by atoms with van der Waals surface area (Å²) in [6, 6.07) is -0.322. The maximum Gasteiger partial charge on any atom is 0.338 e. The number of halogens is 1. The van der Waals surface area contributed by atoms with Gasteiger partial charge in [0.1, 0.15) is 0 Å². The van der Waals surface area contributed by atoms with Gasteiger partial charge in [0, 0.05) is 19.6 Å². The zero-order valence-corrected chi connectivity index (χ0v) is 12.3. The molecule has 6 nitrogen and oxygen atoms in total. The molecule has 0 aromatic rings. The zero-order chi connectivity index (χ0) is 11.5. The maximum absolute atomic E-state index is 11.8. The number of carbonyl (C=O) groups is 2. The van der Waals surface area contributed by atoms with Gasteiger partial charge in [0.05, 0.1) is 18.9 Å². The summed E-state index contributed by atoms with van der Waals surface area (Å²) >= 11 is 0. The number of hydrazine groups is 1. The van der Waals surface area contributed by atoms with Crippen molar-refractivity contribution < 1.29 is 14.3 Å². The Hall–Kier alpha value is -0.230. The Kier molecular flexibility index (Phi) is 5.79. The van der Waals surface area contributed by atoms with Crippen molar-refractivity contribution in [3.05, 3.63) is 0 Å². The van der Waals surface area contributed by atoms with E-state index in [4.69, 9.17) is 4.74 Å². The molecule has 0 bridgehead atoms. The standard InChI is InChI=1S/C9H16N3O3P.BrH/c13-8-7(16)1-2-12(8)9(14)10-11-3-5-15-6-4-11;/h7H,1-6,16H2,(H,10,14);1H. The first-order valence-corrected chi connectivity index (χ1v) is 6.05. The number of amides is 3. The monoisotopic (exact) mass is 325 g/mol. The van der Waals surface area contributed by atoms with Gasteiger partial charge in [-0.25, -0.2) is 9.80 Å². The van der Waals surface area contributed by atoms with Crippen molar-refractivity contribution in [2.24, 2.45) is 0 Å². The highest BCUT2D eigenvalue weighted by atomic mass is 79.9. The van der Waals surface area contributed by atoms with E-state index in [0.717, 1.165) is 6.42 Å². The predicted molar refractivity (Wildman–Crippen MR) is 71.1 cm³/mol. The van der Waals surface area contributed by atoms with E-state index in [2.05, 4.69) is 14.7 Å². The number of hydrogen-bond acceptors (Lipinski definition) is 4. The van der Waals surface area contributed by atoms with Gasteiger partial charge in [-0.3, -0.25) is 15.1 Å². The molecule has 2 aliphatic heterocycles. The molecule has 8 heteroatoms. The lowest BCUT2D eigenvalue weighted by Gasteiger charge is -2.28. The first-order valence-electron chi connectivity index (χ1n) is 5.39. The Morgan fingerprint density at radius 1 is 1.35 bits per heavy atom. The van der Waals surface area contributed by atoms with Crippen LogP contribution in [-0.4, -0.2) is 60.4 Å². The number of nitrogens with one attached hydrogen (secondary N) is 1. The minimum Gasteiger partial charge on any atom is -0.379 e. The summed E-state index contributed by atoms with van der Waals surface area (Å²) in [4.78, 5) is 24.6. The third kappa shape index (κ3) is 3.61. The van der Waals surface area contributed by atoms with E-state index >= 15 is 0 Å². The van der Waals surface area contributed by atoms with Crippen LogP contribution in [0.2, 0.25) is 0 Å². The number of carbonyl (C=O) groups excluding carboxylic acids is 2. The minimum atomic E-state index is -0.322. The molecule has 0 spiro atoms. The van der Waals surface area contributed by atoms with E-state index in [-0.39, 0.29) is 34.6 Å². The van der Waals surface area contributed by atoms with Crippen molar-refractivity contribution >= 4 is 38.2 Å². The van der Waals surface area contributed by atoms with E-state index < -0.39 is 0 Å². The van der Waals surface area contributed by atoms with Gasteiger partial charge in [0.25, 0.3) is 0 Å². The molecule has 2 heterocycles. The number of urea groups is 1. The lowest BCUT2D eigenvalue weighted by molar-refractivity contribution is -0.125. The summed E-state index contributed by atoms with van der Waals surface area (Å²) in [6.07, 6.45) is 0.722. The van der Waals surface area contributed by atoms with Gasteiger partial charge in [0.15, 0.2) is 0 Å². The molecule has 2 unspecified atom stereocenters. The fraction of sp³-hybridized carbons (Fsp3) is 0.778. The van der Waals surface area contributed by atoms with Crippen LogP contribution in [0.1, 0.15) is 6.42 Å². The molecule has 0 aromatic carbocycles. The molecule has 2 fully saturated rings. The summed E-state index contributed by atoms with van der Waals surface area (Å²) in [7, 11) is 2.47. The lowest BCUT2D eigenvalue weighted by atomic mass is 10.4. The van der Waals surface area contributed by atoms with Crippen LogP contribution in [0, 0.1) is 0 Å². The first-order chi connectivity index (χ1) is 7.68. The number of imide groups is 1. The highest BCUT2D eigenvalue weighted by Gasteiger charge is 2.33. The van der Waals surface area contributed by atoms with Crippen LogP contribution in [0.5, 0.6) is 0 Å². The first kappa shape index (κ1) is 14.8. The zero-order valence-electron chi connectivity index (χ0n) is 9.42. The van der Waals surface area contributed by atoms with Gasteiger partial charge in [0.2, 0.25) is 5.91 Å². The van der Waals surface area contributed by atoms with Crippen LogP contribution in [0.15, 0.2) is 0 Å². The van der Waals surface area contributed by atoms with E-state index in [1.165, 1.54) is 4.90 Å². The number of likely N-dealkylation sites (tertiary alicyclic amines) is 1. The summed E-state index contributed by atoms with van der Waals surface area (Å²) in [5.74, 6) is -0.115. The average Bonchev–Trinajstić information content (AvgIpc) is 2.61. The second kappa shape index (κ2) is 6.64. The Labute approximate surface area is 113 Å². The average molecular weight is 326 g/mol. The largest absolute Gasteiger partial charge is 0.379 e. The molecule has 98 valence electrons. The van der Waals surface area contributed by atoms with E-state index in [9.17, 15) is 9.59 Å². The molecular weight excluding hydrogens is 309 g/mol. The highest BCUT2D eigenvalue weighted by Crippen LogP contribution is 2.18. The Balaban J connectivity index is 0.00000144. The van der Waals surface area contributed by atoms with Crippen LogP contribution < -0.4 is 5.43 Å². The van der Waals surface area contributed by atoms with Gasteiger partial charge in [-0.05, 0) is 6.42 Å². The van der Waals surface area contributed by atoms with Crippen LogP contribution >= 0.6 is 26.2 Å². The number of rotatable bonds is 1. The molecule has 2 atom stereocenters. The van der Waals surface area contributed by atoms with Crippen molar-refractivity contribution in [2.75, 3.05) is 32.8 Å². The third-order valence-corrected chi connectivity index (χ3v) is 3.38. The van der Waals surface area contributed by atoms with E-state index in [1.54, 1.807) is 5.01 Å². The second-order valence-electron chi connectivity index (χ2n) is 3.90. The highest BCUT2D eigenvalue weighted by molar-refractivity contribution is 8.93. The SMILES string of the molecule is Br.O=C(NN1CCOCC1)N1CCC(P)C1=O. The minimum absolute atomic E-state index is 0. The normalized spacial score (nSPS) is 25.6. The van der Waals surface area contributed by atoms with Crippen molar-refractivity contribution in [3.8, 4) is 0 Å². The van der Waals surface area contributed by atoms with Crippen LogP contribution in [-0.2, 0) is 9.53 Å². The van der Waals surface area contributed by atoms with Gasteiger partial charge in [-0.15, -0.1) is 26.2 Å². The summed E-state index contributed by atoms with van der Waals surface area (Å²) in [5, 5.41) is 1.79. The quantitative estimate of drug-likeness (QED) is 0.689.